The lowest BCUT2D eigenvalue weighted by molar-refractivity contribution is -0.143. The molecule has 27 heavy (non-hydrogen) atoms. The number of ether oxygens (including phenoxy) is 1. The summed E-state index contributed by atoms with van der Waals surface area (Å²) in [6.07, 6.45) is 0. The number of carbonyl (C=O) groups excluding carboxylic acids is 3. The minimum absolute atomic E-state index is 0.0993. The van der Waals surface area contributed by atoms with Crippen molar-refractivity contribution < 1.29 is 23.5 Å². The summed E-state index contributed by atoms with van der Waals surface area (Å²) in [6, 6.07) is 5.34. The van der Waals surface area contributed by atoms with Crippen molar-refractivity contribution in [2.24, 2.45) is 5.10 Å². The van der Waals surface area contributed by atoms with Crippen molar-refractivity contribution in [1.82, 2.24) is 10.3 Å². The zero-order valence-electron chi connectivity index (χ0n) is 14.7. The third-order valence-corrected chi connectivity index (χ3v) is 4.19. The van der Waals surface area contributed by atoms with Gasteiger partial charge in [-0.3, -0.25) is 14.4 Å². The van der Waals surface area contributed by atoms with Crippen LogP contribution in [-0.4, -0.2) is 48.2 Å². The maximum absolute atomic E-state index is 11.9. The highest BCUT2D eigenvalue weighted by molar-refractivity contribution is 9.10. The van der Waals surface area contributed by atoms with Crippen molar-refractivity contribution >= 4 is 56.2 Å². The third kappa shape index (κ3) is 4.11. The molecule has 2 heterocycles. The first-order valence-electron chi connectivity index (χ1n) is 8.16. The lowest BCUT2D eigenvalue weighted by Crippen LogP contribution is -2.48. The lowest BCUT2D eigenvalue weighted by Gasteiger charge is -2.26. The van der Waals surface area contributed by atoms with Crippen LogP contribution in [0.15, 0.2) is 32.2 Å². The van der Waals surface area contributed by atoms with E-state index in [4.69, 9.17) is 9.15 Å². The van der Waals surface area contributed by atoms with Gasteiger partial charge in [0.15, 0.2) is 11.6 Å². The Bertz CT molecular complexity index is 952. The van der Waals surface area contributed by atoms with Crippen molar-refractivity contribution in [2.45, 2.75) is 13.8 Å². The maximum Gasteiger partial charge on any atom is 0.325 e. The number of amidine groups is 1. The summed E-state index contributed by atoms with van der Waals surface area (Å²) in [7, 11) is 0. The minimum Gasteiger partial charge on any atom is -0.465 e. The van der Waals surface area contributed by atoms with E-state index in [0.29, 0.717) is 16.7 Å². The highest BCUT2D eigenvalue weighted by atomic mass is 79.9. The molecule has 0 spiro atoms. The van der Waals surface area contributed by atoms with Crippen molar-refractivity contribution in [3.05, 3.63) is 28.4 Å². The summed E-state index contributed by atoms with van der Waals surface area (Å²) >= 11 is 3.39. The van der Waals surface area contributed by atoms with Crippen LogP contribution in [-0.2, 0) is 19.1 Å². The van der Waals surface area contributed by atoms with Gasteiger partial charge in [-0.15, -0.1) is 0 Å². The van der Waals surface area contributed by atoms with Crippen molar-refractivity contribution in [2.75, 3.05) is 25.0 Å². The van der Waals surface area contributed by atoms with E-state index in [2.05, 4.69) is 31.8 Å². The molecule has 3 rings (SSSR count). The first kappa shape index (κ1) is 18.9. The fraction of sp³-hybridized carbons (Fsp3) is 0.294. The van der Waals surface area contributed by atoms with Gasteiger partial charge < -0.3 is 19.4 Å². The van der Waals surface area contributed by atoms with Gasteiger partial charge in [-0.1, -0.05) is 15.9 Å². The molecule has 1 aromatic carbocycles. The highest BCUT2D eigenvalue weighted by Crippen LogP contribution is 2.34. The van der Waals surface area contributed by atoms with Crippen LogP contribution in [0, 0.1) is 0 Å². The number of nitrogens with zero attached hydrogens (tertiary/aromatic N) is 2. The summed E-state index contributed by atoms with van der Waals surface area (Å²) in [6.45, 7) is 3.02. The second-order valence-corrected chi connectivity index (χ2v) is 6.68. The largest absolute Gasteiger partial charge is 0.465 e. The van der Waals surface area contributed by atoms with Gasteiger partial charge in [0.1, 0.15) is 18.7 Å². The van der Waals surface area contributed by atoms with Crippen LogP contribution in [0.25, 0.3) is 11.0 Å². The van der Waals surface area contributed by atoms with Gasteiger partial charge in [0.05, 0.1) is 12.3 Å². The SMILES string of the molecule is CCOC(=O)CN1CC(=O)NN=C1c1oc2ccc(Br)cc2c1NC(C)=O. The average Bonchev–Trinajstić information content (AvgIpc) is 2.92. The molecule has 0 saturated heterocycles. The number of rotatable bonds is 5. The number of hydrazone groups is 1. The normalized spacial score (nSPS) is 14.0. The number of furan rings is 1. The fourth-order valence-electron chi connectivity index (χ4n) is 2.68. The molecule has 142 valence electrons. The number of nitrogens with one attached hydrogen (secondary N) is 2. The molecular formula is C17H17BrN4O5. The highest BCUT2D eigenvalue weighted by Gasteiger charge is 2.30. The number of hydrogen-bond donors (Lipinski definition) is 2. The molecule has 2 aromatic rings. The molecule has 9 nitrogen and oxygen atoms in total. The van der Waals surface area contributed by atoms with Crippen molar-refractivity contribution in [1.29, 1.82) is 0 Å². The van der Waals surface area contributed by atoms with Crippen LogP contribution in [0.5, 0.6) is 0 Å². The van der Waals surface area contributed by atoms with E-state index in [1.807, 2.05) is 0 Å². The molecule has 1 aromatic heterocycles. The van der Waals surface area contributed by atoms with E-state index in [-0.39, 0.29) is 43.1 Å². The summed E-state index contributed by atoms with van der Waals surface area (Å²) in [4.78, 5) is 36.8. The topological polar surface area (TPSA) is 113 Å². The first-order chi connectivity index (χ1) is 12.9. The number of hydrogen-bond acceptors (Lipinski definition) is 7. The van der Waals surface area contributed by atoms with Crippen LogP contribution >= 0.6 is 15.9 Å². The van der Waals surface area contributed by atoms with Gasteiger partial charge in [0.2, 0.25) is 5.91 Å². The first-order valence-corrected chi connectivity index (χ1v) is 8.95. The molecule has 0 bridgehead atoms. The molecule has 1 aliphatic heterocycles. The number of anilines is 1. The second-order valence-electron chi connectivity index (χ2n) is 5.76. The summed E-state index contributed by atoms with van der Waals surface area (Å²) in [5.74, 6) is -0.708. The predicted octanol–water partition coefficient (Wildman–Crippen LogP) is 1.81. The Kier molecular flexibility index (Phi) is 5.45. The Morgan fingerprint density at radius 1 is 1.44 bits per heavy atom. The van der Waals surface area contributed by atoms with Crippen LogP contribution < -0.4 is 10.7 Å². The number of benzene rings is 1. The predicted molar refractivity (Wildman–Crippen MR) is 101 cm³/mol. The van der Waals surface area contributed by atoms with E-state index in [0.717, 1.165) is 4.47 Å². The zero-order chi connectivity index (χ0) is 19.6. The van der Waals surface area contributed by atoms with Gasteiger partial charge in [-0.2, -0.15) is 5.10 Å². The Morgan fingerprint density at radius 3 is 2.93 bits per heavy atom. The molecule has 1 aliphatic rings. The van der Waals surface area contributed by atoms with Gasteiger partial charge >= 0.3 is 5.97 Å². The van der Waals surface area contributed by atoms with Crippen LogP contribution in [0.2, 0.25) is 0 Å². The van der Waals surface area contributed by atoms with Crippen LogP contribution in [0.1, 0.15) is 19.6 Å². The van der Waals surface area contributed by atoms with Gasteiger partial charge in [-0.05, 0) is 25.1 Å². The number of esters is 1. The number of carbonyl (C=O) groups is 3. The molecular weight excluding hydrogens is 420 g/mol. The summed E-state index contributed by atoms with van der Waals surface area (Å²) in [5, 5.41) is 7.44. The lowest BCUT2D eigenvalue weighted by atomic mass is 10.2. The van der Waals surface area contributed by atoms with E-state index >= 15 is 0 Å². The van der Waals surface area contributed by atoms with Gasteiger partial charge in [0, 0.05) is 16.8 Å². The second kappa shape index (κ2) is 7.78. The molecule has 0 atom stereocenters. The number of amides is 2. The number of fused-ring (bicyclic) bond motifs is 1. The molecule has 0 fully saturated rings. The smallest absolute Gasteiger partial charge is 0.325 e. The van der Waals surface area contributed by atoms with Crippen LogP contribution in [0.3, 0.4) is 0 Å². The fourth-order valence-corrected chi connectivity index (χ4v) is 3.05. The average molecular weight is 437 g/mol. The molecule has 10 heteroatoms. The Labute approximate surface area is 162 Å². The zero-order valence-corrected chi connectivity index (χ0v) is 16.3. The van der Waals surface area contributed by atoms with Crippen molar-refractivity contribution in [3.63, 3.8) is 0 Å². The Morgan fingerprint density at radius 2 is 2.22 bits per heavy atom. The Hall–Kier alpha value is -2.88. The van der Waals surface area contributed by atoms with Gasteiger partial charge in [-0.25, -0.2) is 5.43 Å². The van der Waals surface area contributed by atoms with E-state index < -0.39 is 5.97 Å². The molecule has 0 saturated carbocycles. The van der Waals surface area contributed by atoms with E-state index in [1.165, 1.54) is 11.8 Å². The van der Waals surface area contributed by atoms with Gasteiger partial charge in [0.25, 0.3) is 5.91 Å². The Balaban J connectivity index is 2.08. The molecule has 0 radical (unpaired) electrons. The monoisotopic (exact) mass is 436 g/mol. The molecule has 2 amide bonds. The maximum atomic E-state index is 11.9. The van der Waals surface area contributed by atoms with Crippen LogP contribution in [0.4, 0.5) is 5.69 Å². The quantitative estimate of drug-likeness (QED) is 0.690. The van der Waals surface area contributed by atoms with E-state index in [9.17, 15) is 14.4 Å². The summed E-state index contributed by atoms with van der Waals surface area (Å²) in [5.41, 5.74) is 3.30. The minimum atomic E-state index is -0.500. The molecule has 0 unspecified atom stereocenters. The third-order valence-electron chi connectivity index (χ3n) is 3.70. The standard InChI is InChI=1S/C17H17BrN4O5/c1-3-26-14(25)8-22-7-13(24)20-21-17(22)16-15(19-9(2)23)11-6-10(18)4-5-12(11)27-16/h4-6H,3,7-8H2,1-2H3,(H,19,23)(H,20,24). The number of halogens is 1. The summed E-state index contributed by atoms with van der Waals surface area (Å²) < 4.78 is 11.7. The van der Waals surface area contributed by atoms with E-state index in [1.54, 1.807) is 25.1 Å². The molecule has 2 N–H and O–H groups in total. The van der Waals surface area contributed by atoms with Crippen molar-refractivity contribution in [3.8, 4) is 0 Å². The molecule has 0 aliphatic carbocycles.